The molecule has 0 fully saturated rings. The molecule has 2 rings (SSSR count). The Kier molecular flexibility index (Phi) is 6.91. The maximum absolute atomic E-state index is 12.0. The zero-order valence-corrected chi connectivity index (χ0v) is 13.8. The molecule has 2 aromatic rings. The molecule has 0 radical (unpaired) electrons. The standard InChI is InChI=1S/C18H15ClO3S/c19-13-7-12-16(20)23-18(21)22-17(14-8-3-1-4-9-14)15-10-5-2-6-11-15/h1-11,13,17H,12H2. The Morgan fingerprint density at radius 1 is 1.00 bits per heavy atom. The maximum atomic E-state index is 12.0. The first-order valence-electron chi connectivity index (χ1n) is 6.97. The highest BCUT2D eigenvalue weighted by Crippen LogP contribution is 2.28. The van der Waals surface area contributed by atoms with Crippen molar-refractivity contribution >= 4 is 33.8 Å². The molecular formula is C18H15ClO3S. The molecular weight excluding hydrogens is 332 g/mol. The van der Waals surface area contributed by atoms with Gasteiger partial charge in [-0.3, -0.25) is 4.79 Å². The third-order valence-electron chi connectivity index (χ3n) is 2.99. The minimum absolute atomic E-state index is 0.0879. The van der Waals surface area contributed by atoms with Crippen LogP contribution in [0.2, 0.25) is 0 Å². The molecule has 5 heteroatoms. The molecule has 2 aromatic carbocycles. The summed E-state index contributed by atoms with van der Waals surface area (Å²) >= 11 is 5.92. The van der Waals surface area contributed by atoms with Crippen LogP contribution in [0.3, 0.4) is 0 Å². The zero-order valence-electron chi connectivity index (χ0n) is 12.2. The summed E-state index contributed by atoms with van der Waals surface area (Å²) in [6.07, 6.45) is 1.02. The van der Waals surface area contributed by atoms with Gasteiger partial charge < -0.3 is 4.74 Å². The largest absolute Gasteiger partial charge is 0.444 e. The molecule has 0 bridgehead atoms. The van der Waals surface area contributed by atoms with E-state index in [0.29, 0.717) is 11.8 Å². The van der Waals surface area contributed by atoms with Gasteiger partial charge in [-0.2, -0.15) is 0 Å². The number of carbonyl (C=O) groups is 2. The van der Waals surface area contributed by atoms with Crippen LogP contribution in [-0.2, 0) is 9.53 Å². The van der Waals surface area contributed by atoms with E-state index in [1.54, 1.807) is 0 Å². The van der Waals surface area contributed by atoms with Gasteiger partial charge in [0, 0.05) is 23.7 Å². The number of benzene rings is 2. The molecule has 118 valence electrons. The number of ether oxygens (including phenoxy) is 1. The fraction of sp³-hybridized carbons (Fsp3) is 0.111. The first kappa shape index (κ1) is 17.3. The number of rotatable bonds is 5. The van der Waals surface area contributed by atoms with Crippen molar-refractivity contribution in [3.8, 4) is 0 Å². The SMILES string of the molecule is O=C(CC=CCl)SC(=O)OC(c1ccccc1)c1ccccc1. The van der Waals surface area contributed by atoms with Crippen molar-refractivity contribution in [2.75, 3.05) is 0 Å². The molecule has 0 spiro atoms. The molecule has 0 amide bonds. The summed E-state index contributed by atoms with van der Waals surface area (Å²) in [4.78, 5) is 23.7. The molecule has 0 unspecified atom stereocenters. The van der Waals surface area contributed by atoms with Crippen molar-refractivity contribution in [3.63, 3.8) is 0 Å². The Balaban J connectivity index is 2.13. The molecule has 0 aliphatic heterocycles. The lowest BCUT2D eigenvalue weighted by atomic mass is 10.0. The van der Waals surface area contributed by atoms with Gasteiger partial charge in [0.25, 0.3) is 0 Å². The lowest BCUT2D eigenvalue weighted by Gasteiger charge is -2.18. The molecule has 0 atom stereocenters. The Bertz CT molecular complexity index is 632. The van der Waals surface area contributed by atoms with Crippen LogP contribution in [0.4, 0.5) is 4.79 Å². The van der Waals surface area contributed by atoms with E-state index in [1.807, 2.05) is 60.7 Å². The van der Waals surface area contributed by atoms with Gasteiger partial charge in [0.1, 0.15) is 0 Å². The Labute approximate surface area is 144 Å². The quantitative estimate of drug-likeness (QED) is 0.687. The van der Waals surface area contributed by atoms with Gasteiger partial charge in [-0.05, 0) is 11.1 Å². The minimum atomic E-state index is -0.629. The van der Waals surface area contributed by atoms with E-state index in [4.69, 9.17) is 16.3 Å². The Hall–Kier alpha value is -2.04. The molecule has 0 aromatic heterocycles. The maximum Gasteiger partial charge on any atom is 0.375 e. The highest BCUT2D eigenvalue weighted by atomic mass is 35.5. The summed E-state index contributed by atoms with van der Waals surface area (Å²) in [5, 5.41) is -0.942. The van der Waals surface area contributed by atoms with E-state index < -0.39 is 11.4 Å². The predicted octanol–water partition coefficient (Wildman–Crippen LogP) is 5.32. The highest BCUT2D eigenvalue weighted by molar-refractivity contribution is 8.25. The van der Waals surface area contributed by atoms with Crippen LogP contribution < -0.4 is 0 Å². The summed E-state index contributed by atoms with van der Waals surface area (Å²) in [6.45, 7) is 0. The van der Waals surface area contributed by atoms with Crippen molar-refractivity contribution in [1.82, 2.24) is 0 Å². The number of thioether (sulfide) groups is 1. The summed E-state index contributed by atoms with van der Waals surface area (Å²) in [5.74, 6) is 0. The Morgan fingerprint density at radius 2 is 1.52 bits per heavy atom. The first-order valence-corrected chi connectivity index (χ1v) is 8.22. The summed E-state index contributed by atoms with van der Waals surface area (Å²) in [5.41, 5.74) is 2.95. The van der Waals surface area contributed by atoms with Gasteiger partial charge in [0.15, 0.2) is 6.10 Å². The average molecular weight is 347 g/mol. The van der Waals surface area contributed by atoms with Gasteiger partial charge in [0.05, 0.1) is 0 Å². The summed E-state index contributed by atoms with van der Waals surface area (Å²) in [7, 11) is 0. The number of hydrogen-bond acceptors (Lipinski definition) is 4. The predicted molar refractivity (Wildman–Crippen MR) is 93.4 cm³/mol. The van der Waals surface area contributed by atoms with E-state index in [9.17, 15) is 9.59 Å². The Morgan fingerprint density at radius 3 is 2.00 bits per heavy atom. The van der Waals surface area contributed by atoms with Crippen LogP contribution >= 0.6 is 23.4 Å². The topological polar surface area (TPSA) is 43.4 Å². The molecule has 0 saturated carbocycles. The second-order valence-corrected chi connectivity index (χ2v) is 5.85. The smallest absolute Gasteiger partial charge is 0.375 e. The molecule has 23 heavy (non-hydrogen) atoms. The van der Waals surface area contributed by atoms with Crippen molar-refractivity contribution in [2.24, 2.45) is 0 Å². The number of hydrogen-bond donors (Lipinski definition) is 0. The van der Waals surface area contributed by atoms with Crippen LogP contribution in [0.15, 0.2) is 72.3 Å². The van der Waals surface area contributed by atoms with Crippen molar-refractivity contribution in [3.05, 3.63) is 83.4 Å². The summed E-state index contributed by atoms with van der Waals surface area (Å²) in [6, 6.07) is 18.8. The van der Waals surface area contributed by atoms with Crippen LogP contribution in [0.1, 0.15) is 23.7 Å². The van der Waals surface area contributed by atoms with Crippen LogP contribution in [0, 0.1) is 0 Å². The summed E-state index contributed by atoms with van der Waals surface area (Å²) < 4.78 is 5.52. The lowest BCUT2D eigenvalue weighted by Crippen LogP contribution is -2.10. The van der Waals surface area contributed by atoms with Gasteiger partial charge >= 0.3 is 5.30 Å². The number of carbonyl (C=O) groups excluding carboxylic acids is 2. The number of allylic oxidation sites excluding steroid dienone is 1. The molecule has 0 heterocycles. The van der Waals surface area contributed by atoms with E-state index in [0.717, 1.165) is 11.1 Å². The highest BCUT2D eigenvalue weighted by Gasteiger charge is 2.20. The molecule has 0 aliphatic carbocycles. The van der Waals surface area contributed by atoms with Gasteiger partial charge in [0.2, 0.25) is 5.12 Å². The molecule has 3 nitrogen and oxygen atoms in total. The van der Waals surface area contributed by atoms with Gasteiger partial charge in [-0.1, -0.05) is 78.3 Å². The van der Waals surface area contributed by atoms with Crippen molar-refractivity contribution < 1.29 is 14.3 Å². The third-order valence-corrected chi connectivity index (χ3v) is 3.82. The molecule has 0 saturated heterocycles. The van der Waals surface area contributed by atoms with E-state index >= 15 is 0 Å². The van der Waals surface area contributed by atoms with Gasteiger partial charge in [-0.25, -0.2) is 4.79 Å². The first-order chi connectivity index (χ1) is 11.2. The second-order valence-electron chi connectivity index (χ2n) is 4.61. The molecule has 0 N–H and O–H groups in total. The average Bonchev–Trinajstić information content (AvgIpc) is 2.59. The normalized spacial score (nSPS) is 10.9. The van der Waals surface area contributed by atoms with Crippen LogP contribution in [0.5, 0.6) is 0 Å². The van der Waals surface area contributed by atoms with E-state index in [2.05, 4.69) is 0 Å². The minimum Gasteiger partial charge on any atom is -0.444 e. The van der Waals surface area contributed by atoms with Crippen LogP contribution in [-0.4, -0.2) is 10.4 Å². The number of halogens is 1. The van der Waals surface area contributed by atoms with E-state index in [1.165, 1.54) is 11.6 Å². The van der Waals surface area contributed by atoms with Crippen LogP contribution in [0.25, 0.3) is 0 Å². The van der Waals surface area contributed by atoms with Gasteiger partial charge in [-0.15, -0.1) is 0 Å². The van der Waals surface area contributed by atoms with Crippen molar-refractivity contribution in [1.29, 1.82) is 0 Å². The second kappa shape index (κ2) is 9.18. The fourth-order valence-electron chi connectivity index (χ4n) is 1.98. The zero-order chi connectivity index (χ0) is 16.5. The third kappa shape index (κ3) is 5.58. The van der Waals surface area contributed by atoms with Crippen molar-refractivity contribution in [2.45, 2.75) is 12.5 Å². The monoisotopic (exact) mass is 346 g/mol. The molecule has 0 aliphatic rings. The van der Waals surface area contributed by atoms with E-state index in [-0.39, 0.29) is 11.5 Å². The fourth-order valence-corrected chi connectivity index (χ4v) is 2.58. The lowest BCUT2D eigenvalue weighted by molar-refractivity contribution is -0.110.